The van der Waals surface area contributed by atoms with Crippen molar-refractivity contribution in [1.29, 1.82) is 5.26 Å². The molecule has 0 aromatic heterocycles. The van der Waals surface area contributed by atoms with E-state index in [0.29, 0.717) is 29.1 Å². The molecule has 0 fully saturated rings. The number of unbranched alkanes of at least 4 members (excludes halogenated alkanes) is 1. The van der Waals surface area contributed by atoms with E-state index in [2.05, 4.69) is 76.5 Å². The zero-order chi connectivity index (χ0) is 32.5. The Balaban J connectivity index is 1.72. The summed E-state index contributed by atoms with van der Waals surface area (Å²) >= 11 is 0. The number of hydrogen-bond donors (Lipinski definition) is 3. The molecule has 2 aromatic rings. The Labute approximate surface area is 262 Å². The van der Waals surface area contributed by atoms with E-state index in [0.717, 1.165) is 31.2 Å². The van der Waals surface area contributed by atoms with Gasteiger partial charge in [0, 0.05) is 23.0 Å². The lowest BCUT2D eigenvalue weighted by atomic mass is 9.76. The van der Waals surface area contributed by atoms with E-state index in [-0.39, 0.29) is 22.5 Å². The van der Waals surface area contributed by atoms with E-state index in [1.807, 2.05) is 12.1 Å². The summed E-state index contributed by atoms with van der Waals surface area (Å²) in [5.74, 6) is 0.000732. The molecule has 8 nitrogen and oxygen atoms in total. The van der Waals surface area contributed by atoms with Crippen molar-refractivity contribution in [2.75, 3.05) is 5.32 Å². The van der Waals surface area contributed by atoms with Crippen LogP contribution in [0.4, 0.5) is 10.5 Å². The molecule has 1 aliphatic rings. The van der Waals surface area contributed by atoms with Crippen molar-refractivity contribution in [2.45, 2.75) is 104 Å². The molecule has 3 amide bonds. The number of rotatable bonds is 13. The Bertz CT molecular complexity index is 1450. The third-order valence-electron chi connectivity index (χ3n) is 8.54. The molecule has 3 N–H and O–H groups in total. The van der Waals surface area contributed by atoms with E-state index in [9.17, 15) is 14.4 Å². The Kier molecular flexibility index (Phi) is 11.5. The first kappa shape index (κ1) is 34.1. The van der Waals surface area contributed by atoms with Crippen LogP contribution in [0.15, 0.2) is 66.4 Å². The molecule has 2 atom stereocenters. The maximum Gasteiger partial charge on any atom is 0.320 e. The van der Waals surface area contributed by atoms with Crippen molar-refractivity contribution in [1.82, 2.24) is 10.6 Å². The number of benzene rings is 2. The predicted octanol–water partition coefficient (Wildman–Crippen LogP) is 7.20. The van der Waals surface area contributed by atoms with Gasteiger partial charge in [0.2, 0.25) is 0 Å². The summed E-state index contributed by atoms with van der Waals surface area (Å²) in [5.41, 5.74) is 3.48. The number of nitriles is 1. The standard InChI is InChI=1S/C36H46N4O4/c1-8-11-12-32(44-31-20-15-25(35(4,5)9-2)21-28(31)36(6,7)10-3)33(42)38-27-18-19-29(30(41)22-27)40-34(43)39-26-16-13-24(23-37)14-17-26/h13-22,29,32H,8-12H2,1-7H3,(H,38,42)(H2,39,40,43). The van der Waals surface area contributed by atoms with Crippen LogP contribution in [0.1, 0.15) is 97.3 Å². The van der Waals surface area contributed by atoms with Gasteiger partial charge < -0.3 is 20.7 Å². The van der Waals surface area contributed by atoms with Crippen LogP contribution in [0, 0.1) is 11.3 Å². The second-order valence-corrected chi connectivity index (χ2v) is 12.6. The van der Waals surface area contributed by atoms with Gasteiger partial charge in [-0.05, 0) is 78.5 Å². The number of anilines is 1. The molecule has 0 aliphatic heterocycles. The van der Waals surface area contributed by atoms with Gasteiger partial charge >= 0.3 is 6.03 Å². The van der Waals surface area contributed by atoms with Gasteiger partial charge in [-0.15, -0.1) is 0 Å². The monoisotopic (exact) mass is 598 g/mol. The zero-order valence-electron chi connectivity index (χ0n) is 27.0. The quantitative estimate of drug-likeness (QED) is 0.225. The first-order valence-electron chi connectivity index (χ1n) is 15.5. The molecule has 234 valence electrons. The lowest BCUT2D eigenvalue weighted by Crippen LogP contribution is -2.43. The van der Waals surface area contributed by atoms with Crippen LogP contribution in [0.25, 0.3) is 0 Å². The molecule has 2 unspecified atom stereocenters. The number of ether oxygens (including phenoxy) is 1. The lowest BCUT2D eigenvalue weighted by Gasteiger charge is -2.31. The highest BCUT2D eigenvalue weighted by atomic mass is 16.5. The van der Waals surface area contributed by atoms with Crippen LogP contribution in [-0.4, -0.2) is 29.9 Å². The first-order valence-corrected chi connectivity index (χ1v) is 15.5. The van der Waals surface area contributed by atoms with Crippen LogP contribution >= 0.6 is 0 Å². The van der Waals surface area contributed by atoms with E-state index < -0.39 is 18.2 Å². The van der Waals surface area contributed by atoms with Crippen LogP contribution in [0.2, 0.25) is 0 Å². The molecule has 0 spiro atoms. The third kappa shape index (κ3) is 8.82. The number of nitrogens with zero attached hydrogens (tertiary/aromatic N) is 1. The zero-order valence-corrected chi connectivity index (χ0v) is 27.0. The van der Waals surface area contributed by atoms with Crippen LogP contribution in [-0.2, 0) is 20.4 Å². The van der Waals surface area contributed by atoms with Gasteiger partial charge in [-0.25, -0.2) is 4.79 Å². The summed E-state index contributed by atoms with van der Waals surface area (Å²) in [7, 11) is 0. The van der Waals surface area contributed by atoms with E-state index in [1.54, 1.807) is 30.3 Å². The highest BCUT2D eigenvalue weighted by Gasteiger charge is 2.30. The van der Waals surface area contributed by atoms with Crippen molar-refractivity contribution in [3.63, 3.8) is 0 Å². The first-order chi connectivity index (χ1) is 20.8. The minimum atomic E-state index is -0.883. The van der Waals surface area contributed by atoms with E-state index in [1.165, 1.54) is 17.7 Å². The second kappa shape index (κ2) is 14.9. The van der Waals surface area contributed by atoms with Crippen molar-refractivity contribution in [3.05, 3.63) is 83.1 Å². The summed E-state index contributed by atoms with van der Waals surface area (Å²) in [6, 6.07) is 13.3. The molecular weight excluding hydrogens is 552 g/mol. The number of amides is 3. The van der Waals surface area contributed by atoms with Crippen molar-refractivity contribution < 1.29 is 19.1 Å². The molecule has 0 radical (unpaired) electrons. The van der Waals surface area contributed by atoms with Crippen LogP contribution in [0.5, 0.6) is 5.75 Å². The maximum absolute atomic E-state index is 13.5. The van der Waals surface area contributed by atoms with Crippen LogP contribution < -0.4 is 20.7 Å². The van der Waals surface area contributed by atoms with Crippen LogP contribution in [0.3, 0.4) is 0 Å². The number of allylic oxidation sites excluding steroid dienone is 1. The fourth-order valence-corrected chi connectivity index (χ4v) is 4.71. The molecule has 8 heteroatoms. The lowest BCUT2D eigenvalue weighted by molar-refractivity contribution is -0.127. The number of ketones is 1. The molecule has 0 heterocycles. The SMILES string of the molecule is CCCCC(Oc1ccc(C(C)(C)CC)cc1C(C)(C)CC)C(=O)NC1=CC(=O)C(NC(=O)Nc2ccc(C#N)cc2)C=C1. The second-order valence-electron chi connectivity index (χ2n) is 12.6. The largest absolute Gasteiger partial charge is 0.480 e. The van der Waals surface area contributed by atoms with Gasteiger partial charge in [0.05, 0.1) is 11.6 Å². The number of urea groups is 1. The summed E-state index contributed by atoms with van der Waals surface area (Å²) in [6.07, 6.45) is 7.86. The Hall–Kier alpha value is -4.38. The summed E-state index contributed by atoms with van der Waals surface area (Å²) in [4.78, 5) is 38.8. The Morgan fingerprint density at radius 3 is 2.25 bits per heavy atom. The highest BCUT2D eigenvalue weighted by Crippen LogP contribution is 2.39. The fourth-order valence-electron chi connectivity index (χ4n) is 4.71. The summed E-state index contributed by atoms with van der Waals surface area (Å²) in [5, 5.41) is 17.0. The predicted molar refractivity (Wildman–Crippen MR) is 174 cm³/mol. The molecule has 1 aliphatic carbocycles. The average Bonchev–Trinajstić information content (AvgIpc) is 3.00. The fraction of sp³-hybridized carbons (Fsp3) is 0.444. The van der Waals surface area contributed by atoms with Gasteiger partial charge in [-0.3, -0.25) is 9.59 Å². The Morgan fingerprint density at radius 2 is 1.66 bits per heavy atom. The highest BCUT2D eigenvalue weighted by molar-refractivity contribution is 6.02. The normalized spacial score (nSPS) is 15.5. The Morgan fingerprint density at radius 1 is 0.977 bits per heavy atom. The number of nitrogens with one attached hydrogen (secondary N) is 3. The van der Waals surface area contributed by atoms with Crippen molar-refractivity contribution in [2.24, 2.45) is 0 Å². The van der Waals surface area contributed by atoms with Crippen molar-refractivity contribution in [3.8, 4) is 11.8 Å². The van der Waals surface area contributed by atoms with E-state index >= 15 is 0 Å². The molecule has 3 rings (SSSR count). The smallest absolute Gasteiger partial charge is 0.320 e. The average molecular weight is 599 g/mol. The number of carbonyl (C=O) groups is 3. The third-order valence-corrected chi connectivity index (χ3v) is 8.54. The molecule has 44 heavy (non-hydrogen) atoms. The minimum absolute atomic E-state index is 0.0133. The number of carbonyl (C=O) groups excluding carboxylic acids is 3. The number of hydrogen-bond acceptors (Lipinski definition) is 5. The summed E-state index contributed by atoms with van der Waals surface area (Å²) in [6.45, 7) is 15.3. The molecule has 2 aromatic carbocycles. The van der Waals surface area contributed by atoms with Crippen molar-refractivity contribution >= 4 is 23.4 Å². The van der Waals surface area contributed by atoms with Gasteiger partial charge in [0.1, 0.15) is 11.8 Å². The van der Waals surface area contributed by atoms with Gasteiger partial charge in [0.25, 0.3) is 5.91 Å². The molecule has 0 saturated heterocycles. The maximum atomic E-state index is 13.5. The van der Waals surface area contributed by atoms with Gasteiger partial charge in [0.15, 0.2) is 11.9 Å². The topological polar surface area (TPSA) is 120 Å². The van der Waals surface area contributed by atoms with Gasteiger partial charge in [-0.2, -0.15) is 5.26 Å². The molecule has 0 bridgehead atoms. The van der Waals surface area contributed by atoms with E-state index in [4.69, 9.17) is 10.00 Å². The van der Waals surface area contributed by atoms with Gasteiger partial charge in [-0.1, -0.05) is 73.1 Å². The molecule has 0 saturated carbocycles. The minimum Gasteiger partial charge on any atom is -0.480 e. The summed E-state index contributed by atoms with van der Waals surface area (Å²) < 4.78 is 6.48. The molecular formula is C36H46N4O4.